The molecule has 24 heavy (non-hydrogen) atoms. The number of pyridine rings is 2. The standard InChI is InChI=1S/C17H15N5O2/c1-9-8-22-14(10(2)18-9)6-13(21-22)17-15(24-3)7-12-11(20-17)4-5-16(23)19-12/h4-8H,1-3H3,(H,19,23). The average Bonchev–Trinajstić information content (AvgIpc) is 2.97. The molecule has 120 valence electrons. The van der Waals surface area contributed by atoms with Crippen LogP contribution in [0, 0.1) is 13.8 Å². The van der Waals surface area contributed by atoms with Crippen LogP contribution in [0.4, 0.5) is 0 Å². The predicted molar refractivity (Wildman–Crippen MR) is 89.2 cm³/mol. The monoisotopic (exact) mass is 321 g/mol. The Labute approximate surface area is 137 Å². The van der Waals surface area contributed by atoms with Gasteiger partial charge in [0.2, 0.25) is 5.88 Å². The summed E-state index contributed by atoms with van der Waals surface area (Å²) in [4.78, 5) is 13.1. The Morgan fingerprint density at radius 2 is 1.88 bits per heavy atom. The van der Waals surface area contributed by atoms with Gasteiger partial charge in [0.1, 0.15) is 17.1 Å². The van der Waals surface area contributed by atoms with E-state index in [9.17, 15) is 5.11 Å². The van der Waals surface area contributed by atoms with Gasteiger partial charge in [0.15, 0.2) is 0 Å². The van der Waals surface area contributed by atoms with Crippen molar-refractivity contribution in [3.05, 3.63) is 41.9 Å². The Balaban J connectivity index is 1.98. The van der Waals surface area contributed by atoms with Crippen molar-refractivity contribution >= 4 is 16.6 Å². The third-order valence-corrected chi connectivity index (χ3v) is 3.84. The lowest BCUT2D eigenvalue weighted by molar-refractivity contribution is 0.415. The van der Waals surface area contributed by atoms with Crippen LogP contribution in [0.2, 0.25) is 0 Å². The van der Waals surface area contributed by atoms with Crippen LogP contribution in [0.5, 0.6) is 11.6 Å². The van der Waals surface area contributed by atoms with Gasteiger partial charge >= 0.3 is 0 Å². The molecule has 0 fully saturated rings. The second-order valence-electron chi connectivity index (χ2n) is 5.57. The Bertz CT molecular complexity index is 1090. The predicted octanol–water partition coefficient (Wildman–Crippen LogP) is 2.67. The summed E-state index contributed by atoms with van der Waals surface area (Å²) < 4.78 is 7.25. The van der Waals surface area contributed by atoms with Crippen molar-refractivity contribution in [1.29, 1.82) is 0 Å². The first-order chi connectivity index (χ1) is 11.5. The zero-order valence-electron chi connectivity index (χ0n) is 13.5. The van der Waals surface area contributed by atoms with Crippen LogP contribution >= 0.6 is 0 Å². The molecule has 4 heterocycles. The molecule has 4 aromatic rings. The summed E-state index contributed by atoms with van der Waals surface area (Å²) in [6.45, 7) is 3.88. The molecule has 0 spiro atoms. The van der Waals surface area contributed by atoms with Gasteiger partial charge in [0.05, 0.1) is 41.2 Å². The Kier molecular flexibility index (Phi) is 3.09. The van der Waals surface area contributed by atoms with Crippen LogP contribution in [0.25, 0.3) is 27.9 Å². The largest absolute Gasteiger partial charge is 0.494 e. The minimum absolute atomic E-state index is 0.0518. The quantitative estimate of drug-likeness (QED) is 0.611. The summed E-state index contributed by atoms with van der Waals surface area (Å²) in [5.74, 6) is 0.496. The van der Waals surface area contributed by atoms with E-state index in [1.165, 1.54) is 6.07 Å². The molecule has 0 aliphatic rings. The average molecular weight is 321 g/mol. The van der Waals surface area contributed by atoms with E-state index in [0.717, 1.165) is 16.9 Å². The van der Waals surface area contributed by atoms with E-state index in [0.29, 0.717) is 28.2 Å². The lowest BCUT2D eigenvalue weighted by Gasteiger charge is -2.07. The summed E-state index contributed by atoms with van der Waals surface area (Å²) in [7, 11) is 1.57. The zero-order chi connectivity index (χ0) is 16.8. The van der Waals surface area contributed by atoms with Crippen molar-refractivity contribution in [3.8, 4) is 23.0 Å². The van der Waals surface area contributed by atoms with Gasteiger partial charge in [0.25, 0.3) is 0 Å². The van der Waals surface area contributed by atoms with E-state index in [1.54, 1.807) is 23.8 Å². The van der Waals surface area contributed by atoms with E-state index < -0.39 is 0 Å². The molecule has 0 radical (unpaired) electrons. The lowest BCUT2D eigenvalue weighted by Crippen LogP contribution is -1.96. The SMILES string of the molecule is COc1cc2nc(O)ccc2nc1-c1cc2c(C)nc(C)cn2n1. The second kappa shape index (κ2) is 5.16. The van der Waals surface area contributed by atoms with E-state index >= 15 is 0 Å². The minimum Gasteiger partial charge on any atom is -0.494 e. The van der Waals surface area contributed by atoms with Gasteiger partial charge in [0, 0.05) is 12.1 Å². The summed E-state index contributed by atoms with van der Waals surface area (Å²) in [6, 6.07) is 6.91. The molecule has 0 aliphatic heterocycles. The first-order valence-electron chi connectivity index (χ1n) is 7.44. The van der Waals surface area contributed by atoms with Gasteiger partial charge < -0.3 is 9.84 Å². The fourth-order valence-electron chi connectivity index (χ4n) is 2.77. The van der Waals surface area contributed by atoms with Gasteiger partial charge in [-0.1, -0.05) is 0 Å². The Hall–Kier alpha value is -3.22. The van der Waals surface area contributed by atoms with Crippen LogP contribution in [0.15, 0.2) is 30.5 Å². The van der Waals surface area contributed by atoms with E-state index in [-0.39, 0.29) is 5.88 Å². The number of rotatable bonds is 2. The summed E-state index contributed by atoms with van der Waals surface area (Å²) in [5, 5.41) is 14.1. The topological polar surface area (TPSA) is 85.4 Å². The molecule has 0 aromatic carbocycles. The smallest absolute Gasteiger partial charge is 0.211 e. The highest BCUT2D eigenvalue weighted by molar-refractivity contribution is 5.82. The van der Waals surface area contributed by atoms with Crippen LogP contribution in [-0.4, -0.2) is 36.8 Å². The van der Waals surface area contributed by atoms with Crippen molar-refractivity contribution in [2.45, 2.75) is 13.8 Å². The zero-order valence-corrected chi connectivity index (χ0v) is 13.5. The number of hydrogen-bond donors (Lipinski definition) is 1. The normalized spacial score (nSPS) is 11.3. The molecule has 7 heteroatoms. The molecule has 0 unspecified atom stereocenters. The first kappa shape index (κ1) is 14.4. The van der Waals surface area contributed by atoms with Crippen molar-refractivity contribution in [1.82, 2.24) is 24.6 Å². The molecule has 0 saturated heterocycles. The molecule has 0 atom stereocenters. The molecule has 0 aliphatic carbocycles. The lowest BCUT2D eigenvalue weighted by atomic mass is 10.2. The van der Waals surface area contributed by atoms with Crippen molar-refractivity contribution in [2.75, 3.05) is 7.11 Å². The molecular formula is C17H15N5O2. The Morgan fingerprint density at radius 1 is 1.04 bits per heavy atom. The molecule has 4 rings (SSSR count). The molecule has 7 nitrogen and oxygen atoms in total. The summed E-state index contributed by atoms with van der Waals surface area (Å²) in [6.07, 6.45) is 1.87. The number of nitrogens with zero attached hydrogens (tertiary/aromatic N) is 5. The number of hydrogen-bond acceptors (Lipinski definition) is 6. The maximum atomic E-state index is 9.53. The fraction of sp³-hybridized carbons (Fsp3) is 0.176. The molecule has 4 aromatic heterocycles. The third kappa shape index (κ3) is 2.21. The highest BCUT2D eigenvalue weighted by Gasteiger charge is 2.15. The number of aromatic hydroxyl groups is 1. The minimum atomic E-state index is -0.0518. The second-order valence-corrected chi connectivity index (χ2v) is 5.57. The molecular weight excluding hydrogens is 306 g/mol. The van der Waals surface area contributed by atoms with Crippen LogP contribution in [-0.2, 0) is 0 Å². The number of aromatic nitrogens is 5. The number of aryl methyl sites for hydroxylation is 2. The van der Waals surface area contributed by atoms with Crippen molar-refractivity contribution in [2.24, 2.45) is 0 Å². The molecule has 1 N–H and O–H groups in total. The first-order valence-corrected chi connectivity index (χ1v) is 7.44. The van der Waals surface area contributed by atoms with Crippen molar-refractivity contribution < 1.29 is 9.84 Å². The number of fused-ring (bicyclic) bond motifs is 2. The van der Waals surface area contributed by atoms with Gasteiger partial charge in [-0.3, -0.25) is 4.98 Å². The van der Waals surface area contributed by atoms with E-state index in [2.05, 4.69) is 20.1 Å². The van der Waals surface area contributed by atoms with Gasteiger partial charge in [-0.25, -0.2) is 14.5 Å². The van der Waals surface area contributed by atoms with E-state index in [4.69, 9.17) is 4.74 Å². The fourth-order valence-corrected chi connectivity index (χ4v) is 2.77. The van der Waals surface area contributed by atoms with Gasteiger partial charge in [-0.05, 0) is 26.0 Å². The molecule has 0 saturated carbocycles. The van der Waals surface area contributed by atoms with Crippen molar-refractivity contribution in [3.63, 3.8) is 0 Å². The maximum absolute atomic E-state index is 9.53. The summed E-state index contributed by atoms with van der Waals surface area (Å²) in [5.41, 5.74) is 5.26. The third-order valence-electron chi connectivity index (χ3n) is 3.84. The Morgan fingerprint density at radius 3 is 2.67 bits per heavy atom. The highest BCUT2D eigenvalue weighted by Crippen LogP contribution is 2.31. The molecule has 0 bridgehead atoms. The van der Waals surface area contributed by atoms with Crippen LogP contribution < -0.4 is 4.74 Å². The number of ether oxygens (including phenoxy) is 1. The number of methoxy groups -OCH3 is 1. The highest BCUT2D eigenvalue weighted by atomic mass is 16.5. The maximum Gasteiger partial charge on any atom is 0.211 e. The van der Waals surface area contributed by atoms with E-state index in [1.807, 2.05) is 26.1 Å². The van der Waals surface area contributed by atoms with Crippen LogP contribution in [0.1, 0.15) is 11.4 Å². The molecule has 0 amide bonds. The van der Waals surface area contributed by atoms with Gasteiger partial charge in [-0.2, -0.15) is 5.10 Å². The van der Waals surface area contributed by atoms with Crippen LogP contribution in [0.3, 0.4) is 0 Å². The summed E-state index contributed by atoms with van der Waals surface area (Å²) >= 11 is 0. The van der Waals surface area contributed by atoms with Gasteiger partial charge in [-0.15, -0.1) is 0 Å².